The number of rotatable bonds is 7. The summed E-state index contributed by atoms with van der Waals surface area (Å²) in [4.78, 5) is 41.7. The normalized spacial score (nSPS) is 12.6. The van der Waals surface area contributed by atoms with E-state index in [9.17, 15) is 14.4 Å². The van der Waals surface area contributed by atoms with Gasteiger partial charge in [0.05, 0.1) is 38.9 Å². The van der Waals surface area contributed by atoms with Crippen molar-refractivity contribution in [3.63, 3.8) is 0 Å². The largest absolute Gasteiger partial charge is 0.493 e. The molecule has 0 saturated carbocycles. The second-order valence-electron chi connectivity index (χ2n) is 5.91. The Bertz CT molecular complexity index is 903. The molecule has 8 heteroatoms. The fourth-order valence-electron chi connectivity index (χ4n) is 2.99. The lowest BCUT2D eigenvalue weighted by molar-refractivity contribution is -0.168. The van der Waals surface area contributed by atoms with Crippen LogP contribution < -0.4 is 14.2 Å². The number of hydroxylamine groups is 2. The van der Waals surface area contributed by atoms with E-state index in [0.717, 1.165) is 0 Å². The van der Waals surface area contributed by atoms with Gasteiger partial charge in [0.15, 0.2) is 11.5 Å². The second kappa shape index (κ2) is 7.99. The summed E-state index contributed by atoms with van der Waals surface area (Å²) < 4.78 is 15.9. The van der Waals surface area contributed by atoms with E-state index in [1.165, 1.54) is 33.5 Å². The molecule has 0 atom stereocenters. The predicted octanol–water partition coefficient (Wildman–Crippen LogP) is 2.40. The fourth-order valence-corrected chi connectivity index (χ4v) is 2.99. The quantitative estimate of drug-likeness (QED) is 0.676. The van der Waals surface area contributed by atoms with Crippen molar-refractivity contribution in [1.82, 2.24) is 5.06 Å². The number of ether oxygens (including phenoxy) is 3. The number of hydrogen-bond donors (Lipinski definition) is 0. The molecule has 146 valence electrons. The average molecular weight is 385 g/mol. The minimum atomic E-state index is -0.716. The Hall–Kier alpha value is -3.55. The molecule has 0 unspecified atom stereocenters. The lowest BCUT2D eigenvalue weighted by Crippen LogP contribution is -2.32. The van der Waals surface area contributed by atoms with E-state index >= 15 is 0 Å². The maximum atomic E-state index is 12.2. The van der Waals surface area contributed by atoms with Crippen molar-refractivity contribution in [1.29, 1.82) is 0 Å². The van der Waals surface area contributed by atoms with Crippen LogP contribution in [0.4, 0.5) is 0 Å². The van der Waals surface area contributed by atoms with Crippen molar-refractivity contribution in [3.8, 4) is 17.2 Å². The first kappa shape index (κ1) is 19.2. The van der Waals surface area contributed by atoms with Gasteiger partial charge in [-0.3, -0.25) is 9.59 Å². The topological polar surface area (TPSA) is 91.4 Å². The number of methoxy groups -OCH3 is 3. The van der Waals surface area contributed by atoms with Gasteiger partial charge in [0.25, 0.3) is 11.8 Å². The predicted molar refractivity (Wildman–Crippen MR) is 97.5 cm³/mol. The molecule has 0 aromatic heterocycles. The molecular formula is C20H19NO7. The summed E-state index contributed by atoms with van der Waals surface area (Å²) in [6.45, 7) is 0. The van der Waals surface area contributed by atoms with E-state index in [4.69, 9.17) is 19.0 Å². The number of nitrogens with zero attached hydrogens (tertiary/aromatic N) is 1. The van der Waals surface area contributed by atoms with Gasteiger partial charge in [-0.2, -0.15) is 0 Å². The summed E-state index contributed by atoms with van der Waals surface area (Å²) in [5.41, 5.74) is 1.11. The van der Waals surface area contributed by atoms with Gasteiger partial charge in [0, 0.05) is 0 Å². The summed E-state index contributed by atoms with van der Waals surface area (Å²) >= 11 is 0. The van der Waals surface area contributed by atoms with Crippen molar-refractivity contribution in [2.75, 3.05) is 21.3 Å². The summed E-state index contributed by atoms with van der Waals surface area (Å²) in [6, 6.07) is 9.74. The van der Waals surface area contributed by atoms with E-state index in [2.05, 4.69) is 0 Å². The van der Waals surface area contributed by atoms with E-state index < -0.39 is 17.8 Å². The van der Waals surface area contributed by atoms with Crippen LogP contribution in [-0.2, 0) is 16.1 Å². The third-order valence-corrected chi connectivity index (χ3v) is 4.33. The van der Waals surface area contributed by atoms with Gasteiger partial charge in [-0.15, -0.1) is 0 Å². The summed E-state index contributed by atoms with van der Waals surface area (Å²) in [7, 11) is 4.48. The molecule has 0 spiro atoms. The third-order valence-electron chi connectivity index (χ3n) is 4.33. The maximum absolute atomic E-state index is 12.2. The van der Waals surface area contributed by atoms with Crippen LogP contribution in [0.25, 0.3) is 0 Å². The second-order valence-corrected chi connectivity index (χ2v) is 5.91. The zero-order valence-corrected chi connectivity index (χ0v) is 15.7. The minimum Gasteiger partial charge on any atom is -0.493 e. The average Bonchev–Trinajstić information content (AvgIpc) is 2.96. The first-order valence-electron chi connectivity index (χ1n) is 8.48. The highest BCUT2D eigenvalue weighted by atomic mass is 16.7. The molecule has 28 heavy (non-hydrogen) atoms. The molecule has 0 N–H and O–H groups in total. The Morgan fingerprint density at radius 3 is 2.00 bits per heavy atom. The summed E-state index contributed by atoms with van der Waals surface area (Å²) in [5.74, 6) is -0.676. The number of carbonyl (C=O) groups is 3. The molecule has 0 radical (unpaired) electrons. The van der Waals surface area contributed by atoms with E-state index in [-0.39, 0.29) is 24.0 Å². The molecule has 0 aliphatic carbocycles. The standard InChI is InChI=1S/C20H19NO7/c1-25-15-10-8-12(17(26-2)18(15)27-3)9-11-16(22)28-21-19(23)13-6-4-5-7-14(13)20(21)24/h4-8,10H,9,11H2,1-3H3. The molecular weight excluding hydrogens is 366 g/mol. The molecule has 8 nitrogen and oxygen atoms in total. The van der Waals surface area contributed by atoms with Crippen LogP contribution in [0.1, 0.15) is 32.7 Å². The maximum Gasteiger partial charge on any atom is 0.333 e. The molecule has 2 aromatic rings. The number of hydrogen-bond acceptors (Lipinski definition) is 7. The van der Waals surface area contributed by atoms with Crippen LogP contribution in [0.2, 0.25) is 0 Å². The van der Waals surface area contributed by atoms with Crippen molar-refractivity contribution >= 4 is 17.8 Å². The zero-order chi connectivity index (χ0) is 20.3. The van der Waals surface area contributed by atoms with E-state index in [1.807, 2.05) is 0 Å². The first-order valence-corrected chi connectivity index (χ1v) is 8.48. The third kappa shape index (κ3) is 3.36. The Morgan fingerprint density at radius 1 is 0.857 bits per heavy atom. The molecule has 3 rings (SSSR count). The van der Waals surface area contributed by atoms with Gasteiger partial charge in [-0.1, -0.05) is 23.3 Å². The molecule has 1 aliphatic heterocycles. The SMILES string of the molecule is COc1ccc(CCC(=O)ON2C(=O)c3ccccc3C2=O)c(OC)c1OC. The number of carbonyl (C=O) groups excluding carboxylic acids is 3. The lowest BCUT2D eigenvalue weighted by Gasteiger charge is -2.16. The summed E-state index contributed by atoms with van der Waals surface area (Å²) in [6.07, 6.45) is 0.185. The fraction of sp³-hybridized carbons (Fsp3) is 0.250. The van der Waals surface area contributed by atoms with Crippen LogP contribution in [0.3, 0.4) is 0 Å². The number of aryl methyl sites for hydroxylation is 1. The molecule has 2 amide bonds. The van der Waals surface area contributed by atoms with Crippen molar-refractivity contribution in [2.45, 2.75) is 12.8 Å². The first-order chi connectivity index (χ1) is 13.5. The number of benzene rings is 2. The van der Waals surface area contributed by atoms with Gasteiger partial charge < -0.3 is 19.0 Å². The van der Waals surface area contributed by atoms with Crippen LogP contribution in [-0.4, -0.2) is 44.2 Å². The van der Waals surface area contributed by atoms with Crippen LogP contribution >= 0.6 is 0 Å². The monoisotopic (exact) mass is 385 g/mol. The van der Waals surface area contributed by atoms with Gasteiger partial charge in [0.1, 0.15) is 0 Å². The number of fused-ring (bicyclic) bond motifs is 1. The van der Waals surface area contributed by atoms with Gasteiger partial charge in [-0.05, 0) is 30.2 Å². The Morgan fingerprint density at radius 2 is 1.46 bits per heavy atom. The minimum absolute atomic E-state index is 0.0702. The van der Waals surface area contributed by atoms with Crippen LogP contribution in [0, 0.1) is 0 Å². The highest BCUT2D eigenvalue weighted by Crippen LogP contribution is 2.40. The van der Waals surface area contributed by atoms with Crippen LogP contribution in [0.15, 0.2) is 36.4 Å². The van der Waals surface area contributed by atoms with Crippen LogP contribution in [0.5, 0.6) is 17.2 Å². The molecule has 1 heterocycles. The highest BCUT2D eigenvalue weighted by Gasteiger charge is 2.38. The molecule has 0 bridgehead atoms. The number of amides is 2. The Kier molecular flexibility index (Phi) is 5.49. The highest BCUT2D eigenvalue weighted by molar-refractivity contribution is 6.20. The summed E-state index contributed by atoms with van der Waals surface area (Å²) in [5, 5.41) is 0.499. The molecule has 1 aliphatic rings. The van der Waals surface area contributed by atoms with Crippen molar-refractivity contribution < 1.29 is 33.4 Å². The van der Waals surface area contributed by atoms with Crippen molar-refractivity contribution in [3.05, 3.63) is 53.1 Å². The number of imide groups is 1. The lowest BCUT2D eigenvalue weighted by atomic mass is 10.1. The van der Waals surface area contributed by atoms with E-state index in [1.54, 1.807) is 24.3 Å². The van der Waals surface area contributed by atoms with E-state index in [0.29, 0.717) is 27.9 Å². The van der Waals surface area contributed by atoms with Crippen molar-refractivity contribution in [2.24, 2.45) is 0 Å². The molecule has 0 saturated heterocycles. The van der Waals surface area contributed by atoms with Gasteiger partial charge in [0.2, 0.25) is 5.75 Å². The molecule has 0 fully saturated rings. The van der Waals surface area contributed by atoms with Gasteiger partial charge in [-0.25, -0.2) is 4.79 Å². The Labute approximate surface area is 161 Å². The Balaban J connectivity index is 1.69. The zero-order valence-electron chi connectivity index (χ0n) is 15.7. The molecule has 2 aromatic carbocycles. The van der Waals surface area contributed by atoms with Gasteiger partial charge >= 0.3 is 5.97 Å². The smallest absolute Gasteiger partial charge is 0.333 e.